The van der Waals surface area contributed by atoms with Gasteiger partial charge in [-0.1, -0.05) is 0 Å². The summed E-state index contributed by atoms with van der Waals surface area (Å²) in [5, 5.41) is 3.26. The summed E-state index contributed by atoms with van der Waals surface area (Å²) in [6.45, 7) is 5.74. The quantitative estimate of drug-likeness (QED) is 0.729. The molecule has 0 aromatic carbocycles. The molecule has 1 rings (SSSR count). The predicted molar refractivity (Wildman–Crippen MR) is 51.6 cm³/mol. The summed E-state index contributed by atoms with van der Waals surface area (Å²) in [4.78, 5) is 0. The van der Waals surface area contributed by atoms with Crippen LogP contribution in [0.5, 0.6) is 0 Å². The molecule has 1 saturated heterocycles. The zero-order chi connectivity index (χ0) is 9.73. The van der Waals surface area contributed by atoms with Crippen molar-refractivity contribution in [2.24, 2.45) is 0 Å². The summed E-state index contributed by atoms with van der Waals surface area (Å²) < 4.78 is 18.6. The first kappa shape index (κ1) is 10.9. The van der Waals surface area contributed by atoms with Crippen LogP contribution >= 0.6 is 0 Å². The van der Waals surface area contributed by atoms with Crippen LogP contribution in [0.1, 0.15) is 33.1 Å². The summed E-state index contributed by atoms with van der Waals surface area (Å²) >= 11 is 0. The van der Waals surface area contributed by atoms with Crippen molar-refractivity contribution >= 4 is 0 Å². The Labute approximate surface area is 79.8 Å². The maximum atomic E-state index is 13.0. The van der Waals surface area contributed by atoms with Crippen molar-refractivity contribution in [3.8, 4) is 0 Å². The van der Waals surface area contributed by atoms with Gasteiger partial charge in [0.25, 0.3) is 0 Å². The summed E-state index contributed by atoms with van der Waals surface area (Å²) in [5.41, 5.74) is -1.10. The lowest BCUT2D eigenvalue weighted by Crippen LogP contribution is -2.36. The van der Waals surface area contributed by atoms with Crippen LogP contribution in [0, 0.1) is 0 Å². The van der Waals surface area contributed by atoms with E-state index in [0.717, 1.165) is 19.5 Å². The molecule has 13 heavy (non-hydrogen) atoms. The van der Waals surface area contributed by atoms with E-state index in [1.807, 2.05) is 0 Å². The van der Waals surface area contributed by atoms with Gasteiger partial charge in [0.1, 0.15) is 5.67 Å². The molecule has 0 aromatic rings. The normalized spacial score (nSPS) is 24.7. The number of piperidine rings is 1. The second-order valence-corrected chi connectivity index (χ2v) is 4.31. The van der Waals surface area contributed by atoms with Crippen molar-refractivity contribution in [3.05, 3.63) is 0 Å². The number of nitrogens with one attached hydrogen (secondary N) is 1. The van der Waals surface area contributed by atoms with Gasteiger partial charge in [-0.2, -0.15) is 0 Å². The minimum Gasteiger partial charge on any atom is -0.377 e. The number of ether oxygens (including phenoxy) is 1. The molecule has 0 radical (unpaired) electrons. The van der Waals surface area contributed by atoms with Gasteiger partial charge in [0, 0.05) is 13.0 Å². The molecular formula is C10H20FNO. The Morgan fingerprint density at radius 1 is 1.54 bits per heavy atom. The molecule has 0 bridgehead atoms. The van der Waals surface area contributed by atoms with Crippen molar-refractivity contribution < 1.29 is 9.13 Å². The molecule has 1 aliphatic heterocycles. The van der Waals surface area contributed by atoms with E-state index in [1.165, 1.54) is 6.42 Å². The van der Waals surface area contributed by atoms with Gasteiger partial charge in [0.05, 0.1) is 12.7 Å². The van der Waals surface area contributed by atoms with Gasteiger partial charge in [-0.3, -0.25) is 0 Å². The first-order valence-corrected chi connectivity index (χ1v) is 5.09. The molecule has 3 heteroatoms. The second kappa shape index (κ2) is 4.91. The van der Waals surface area contributed by atoms with Gasteiger partial charge in [-0.15, -0.1) is 0 Å². The fourth-order valence-electron chi connectivity index (χ4n) is 1.43. The predicted octanol–water partition coefficient (Wildman–Crippen LogP) is 1.89. The molecule has 1 aliphatic rings. The Morgan fingerprint density at radius 3 is 2.85 bits per heavy atom. The minimum atomic E-state index is -1.10. The molecule has 1 atom stereocenters. The summed E-state index contributed by atoms with van der Waals surface area (Å²) in [5.74, 6) is 0. The Kier molecular flexibility index (Phi) is 4.13. The molecule has 0 amide bonds. The smallest absolute Gasteiger partial charge is 0.107 e. The Bertz CT molecular complexity index is 138. The van der Waals surface area contributed by atoms with Crippen LogP contribution in [-0.2, 0) is 4.74 Å². The number of alkyl halides is 1. The largest absolute Gasteiger partial charge is 0.377 e. The lowest BCUT2D eigenvalue weighted by Gasteiger charge is -2.24. The third-order valence-corrected chi connectivity index (χ3v) is 2.30. The van der Waals surface area contributed by atoms with E-state index in [1.54, 1.807) is 13.8 Å². The van der Waals surface area contributed by atoms with Crippen LogP contribution in [0.2, 0.25) is 0 Å². The van der Waals surface area contributed by atoms with Crippen LogP contribution in [-0.4, -0.2) is 31.5 Å². The highest BCUT2D eigenvalue weighted by Gasteiger charge is 2.17. The molecular weight excluding hydrogens is 169 g/mol. The van der Waals surface area contributed by atoms with E-state index in [0.29, 0.717) is 19.1 Å². The molecule has 0 saturated carbocycles. The lowest BCUT2D eigenvalue weighted by atomic mass is 10.1. The first-order valence-electron chi connectivity index (χ1n) is 5.09. The standard InChI is InChI=1S/C10H20FNO/c1-10(2,11)5-7-13-9-4-3-6-12-8-9/h9,12H,3-8H2,1-2H3. The van der Waals surface area contributed by atoms with Crippen LogP contribution in [0.25, 0.3) is 0 Å². The molecule has 78 valence electrons. The number of hydrogen-bond donors (Lipinski definition) is 1. The van der Waals surface area contributed by atoms with E-state index >= 15 is 0 Å². The maximum Gasteiger partial charge on any atom is 0.107 e. The zero-order valence-corrected chi connectivity index (χ0v) is 8.61. The number of halogens is 1. The first-order chi connectivity index (χ1) is 6.08. The lowest BCUT2D eigenvalue weighted by molar-refractivity contribution is 0.0157. The van der Waals surface area contributed by atoms with E-state index < -0.39 is 5.67 Å². The highest BCUT2D eigenvalue weighted by Crippen LogP contribution is 2.15. The van der Waals surface area contributed by atoms with Crippen molar-refractivity contribution in [3.63, 3.8) is 0 Å². The summed E-state index contributed by atoms with van der Waals surface area (Å²) in [6, 6.07) is 0. The van der Waals surface area contributed by atoms with Gasteiger partial charge in [0.15, 0.2) is 0 Å². The average molecular weight is 189 g/mol. The molecule has 0 spiro atoms. The van der Waals surface area contributed by atoms with Crippen molar-refractivity contribution in [1.29, 1.82) is 0 Å². The van der Waals surface area contributed by atoms with Crippen LogP contribution < -0.4 is 5.32 Å². The van der Waals surface area contributed by atoms with E-state index in [-0.39, 0.29) is 0 Å². The van der Waals surface area contributed by atoms with Gasteiger partial charge < -0.3 is 10.1 Å². The van der Waals surface area contributed by atoms with E-state index in [2.05, 4.69) is 5.32 Å². The van der Waals surface area contributed by atoms with Crippen LogP contribution in [0.4, 0.5) is 4.39 Å². The van der Waals surface area contributed by atoms with Crippen molar-refractivity contribution in [2.75, 3.05) is 19.7 Å². The summed E-state index contributed by atoms with van der Waals surface area (Å²) in [7, 11) is 0. The van der Waals surface area contributed by atoms with E-state index in [4.69, 9.17) is 4.74 Å². The summed E-state index contributed by atoms with van der Waals surface area (Å²) in [6.07, 6.45) is 3.07. The molecule has 2 nitrogen and oxygen atoms in total. The highest BCUT2D eigenvalue weighted by atomic mass is 19.1. The zero-order valence-electron chi connectivity index (χ0n) is 8.61. The molecule has 1 N–H and O–H groups in total. The molecule has 1 unspecified atom stereocenters. The second-order valence-electron chi connectivity index (χ2n) is 4.31. The monoisotopic (exact) mass is 189 g/mol. The van der Waals surface area contributed by atoms with Gasteiger partial charge in [-0.05, 0) is 33.2 Å². The van der Waals surface area contributed by atoms with Gasteiger partial charge in [-0.25, -0.2) is 4.39 Å². The molecule has 0 aromatic heterocycles. The third kappa shape index (κ3) is 5.21. The van der Waals surface area contributed by atoms with E-state index in [9.17, 15) is 4.39 Å². The average Bonchev–Trinajstić information content (AvgIpc) is 2.04. The fraction of sp³-hybridized carbons (Fsp3) is 1.00. The number of hydrogen-bond acceptors (Lipinski definition) is 2. The Hall–Kier alpha value is -0.150. The topological polar surface area (TPSA) is 21.3 Å². The van der Waals surface area contributed by atoms with Crippen LogP contribution in [0.3, 0.4) is 0 Å². The molecule has 1 heterocycles. The van der Waals surface area contributed by atoms with Gasteiger partial charge >= 0.3 is 0 Å². The SMILES string of the molecule is CC(C)(F)CCOC1CCCNC1. The number of rotatable bonds is 4. The van der Waals surface area contributed by atoms with Crippen molar-refractivity contribution in [2.45, 2.75) is 44.9 Å². The fourth-order valence-corrected chi connectivity index (χ4v) is 1.43. The van der Waals surface area contributed by atoms with Crippen LogP contribution in [0.15, 0.2) is 0 Å². The highest BCUT2D eigenvalue weighted by molar-refractivity contribution is 4.70. The molecule has 1 fully saturated rings. The van der Waals surface area contributed by atoms with Gasteiger partial charge in [0.2, 0.25) is 0 Å². The minimum absolute atomic E-state index is 0.302. The van der Waals surface area contributed by atoms with Crippen molar-refractivity contribution in [1.82, 2.24) is 5.32 Å². The maximum absolute atomic E-state index is 13.0. The Morgan fingerprint density at radius 2 is 2.31 bits per heavy atom. The molecule has 0 aliphatic carbocycles. The Balaban J connectivity index is 2.04. The third-order valence-electron chi connectivity index (χ3n) is 2.30.